The van der Waals surface area contributed by atoms with E-state index in [2.05, 4.69) is 0 Å². The molecule has 1 heterocycles. The van der Waals surface area contributed by atoms with E-state index in [0.717, 1.165) is 16.5 Å². The zero-order chi connectivity index (χ0) is 22.0. The summed E-state index contributed by atoms with van der Waals surface area (Å²) in [6, 6.07) is 18.6. The van der Waals surface area contributed by atoms with E-state index in [1.54, 1.807) is 24.1 Å². The number of amides is 3. The fraction of sp³-hybridized carbons (Fsp3) is 0.240. The molecular formula is C25H24N2O4. The number of imide groups is 1. The number of anilines is 1. The lowest BCUT2D eigenvalue weighted by Gasteiger charge is -2.22. The number of hydrogen-bond donors (Lipinski definition) is 0. The van der Waals surface area contributed by atoms with Gasteiger partial charge in [-0.2, -0.15) is 0 Å². The van der Waals surface area contributed by atoms with Gasteiger partial charge in [-0.1, -0.05) is 30.3 Å². The molecule has 0 bridgehead atoms. The summed E-state index contributed by atoms with van der Waals surface area (Å²) in [4.78, 5) is 41.5. The van der Waals surface area contributed by atoms with Crippen LogP contribution in [0.1, 0.15) is 44.4 Å². The lowest BCUT2D eigenvalue weighted by molar-refractivity contribution is 0.0638. The summed E-state index contributed by atoms with van der Waals surface area (Å²) >= 11 is 0. The molecule has 6 heteroatoms. The van der Waals surface area contributed by atoms with Crippen molar-refractivity contribution in [3.63, 3.8) is 0 Å². The average Bonchev–Trinajstić information content (AvgIpc) is 3.04. The highest BCUT2D eigenvalue weighted by Gasteiger charge is 2.35. The monoisotopic (exact) mass is 416 g/mol. The van der Waals surface area contributed by atoms with E-state index in [4.69, 9.17) is 4.74 Å². The Hall–Kier alpha value is -3.51. The Balaban J connectivity index is 1.62. The zero-order valence-corrected chi connectivity index (χ0v) is 17.6. The van der Waals surface area contributed by atoms with Crippen LogP contribution in [0.2, 0.25) is 0 Å². The van der Waals surface area contributed by atoms with Crippen LogP contribution >= 0.6 is 0 Å². The Morgan fingerprint density at radius 3 is 2.42 bits per heavy atom. The maximum Gasteiger partial charge on any atom is 0.261 e. The van der Waals surface area contributed by atoms with Gasteiger partial charge in [-0.3, -0.25) is 19.3 Å². The number of benzene rings is 3. The number of methoxy groups -OCH3 is 1. The van der Waals surface area contributed by atoms with Gasteiger partial charge in [-0.05, 0) is 54.4 Å². The number of rotatable bonds is 7. The van der Waals surface area contributed by atoms with Crippen molar-refractivity contribution in [2.75, 3.05) is 31.7 Å². The van der Waals surface area contributed by atoms with Crippen LogP contribution in [-0.4, -0.2) is 49.4 Å². The molecule has 6 nitrogen and oxygen atoms in total. The molecule has 0 saturated heterocycles. The normalized spacial score (nSPS) is 13.0. The van der Waals surface area contributed by atoms with Crippen molar-refractivity contribution >= 4 is 34.2 Å². The van der Waals surface area contributed by atoms with Crippen LogP contribution in [0.15, 0.2) is 60.7 Å². The number of carbonyl (C=O) groups is 3. The molecule has 0 aliphatic carbocycles. The highest BCUT2D eigenvalue weighted by atomic mass is 16.5. The molecule has 4 rings (SSSR count). The van der Waals surface area contributed by atoms with Gasteiger partial charge in [0.15, 0.2) is 0 Å². The largest absolute Gasteiger partial charge is 0.385 e. The third-order valence-electron chi connectivity index (χ3n) is 5.55. The van der Waals surface area contributed by atoms with Crippen LogP contribution < -0.4 is 4.90 Å². The summed E-state index contributed by atoms with van der Waals surface area (Å²) < 4.78 is 5.01. The van der Waals surface area contributed by atoms with Gasteiger partial charge in [0.25, 0.3) is 17.7 Å². The molecule has 0 saturated carbocycles. The van der Waals surface area contributed by atoms with Crippen LogP contribution in [0.25, 0.3) is 10.8 Å². The van der Waals surface area contributed by atoms with Crippen molar-refractivity contribution in [3.8, 4) is 0 Å². The van der Waals surface area contributed by atoms with E-state index in [-0.39, 0.29) is 23.3 Å². The fourth-order valence-corrected chi connectivity index (χ4v) is 3.94. The van der Waals surface area contributed by atoms with E-state index in [1.807, 2.05) is 49.4 Å². The van der Waals surface area contributed by atoms with E-state index in [0.29, 0.717) is 37.2 Å². The number of hydrogen-bond acceptors (Lipinski definition) is 4. The second-order valence-electron chi connectivity index (χ2n) is 7.45. The molecule has 0 radical (unpaired) electrons. The highest BCUT2D eigenvalue weighted by Crippen LogP contribution is 2.27. The molecule has 0 unspecified atom stereocenters. The first-order valence-electron chi connectivity index (χ1n) is 10.3. The zero-order valence-electron chi connectivity index (χ0n) is 17.6. The third kappa shape index (κ3) is 3.82. The molecule has 0 fully saturated rings. The van der Waals surface area contributed by atoms with E-state index in [1.165, 1.54) is 11.0 Å². The van der Waals surface area contributed by atoms with Crippen LogP contribution in [0.5, 0.6) is 0 Å². The van der Waals surface area contributed by atoms with Crippen molar-refractivity contribution < 1.29 is 19.1 Å². The van der Waals surface area contributed by atoms with Crippen LogP contribution in [0.4, 0.5) is 5.69 Å². The Morgan fingerprint density at radius 1 is 0.935 bits per heavy atom. The van der Waals surface area contributed by atoms with Crippen molar-refractivity contribution in [1.29, 1.82) is 0 Å². The van der Waals surface area contributed by atoms with Crippen molar-refractivity contribution in [2.24, 2.45) is 0 Å². The van der Waals surface area contributed by atoms with E-state index < -0.39 is 0 Å². The summed E-state index contributed by atoms with van der Waals surface area (Å²) in [5.41, 5.74) is 1.79. The number of ether oxygens (including phenoxy) is 1. The molecule has 3 amide bonds. The first kappa shape index (κ1) is 20.8. The maximum atomic E-state index is 13.3. The maximum absolute atomic E-state index is 13.3. The Morgan fingerprint density at radius 2 is 1.68 bits per heavy atom. The standard InChI is InChI=1S/C25H24N2O4/c1-3-26(20-11-9-17-7-4-5-8-18(17)15-20)23(28)19-10-12-21-22(16-19)25(30)27(24(21)29)13-6-14-31-2/h4-5,7-12,15-16H,3,6,13-14H2,1-2H3. The Kier molecular flexibility index (Phi) is 5.82. The molecule has 31 heavy (non-hydrogen) atoms. The molecule has 0 N–H and O–H groups in total. The quantitative estimate of drug-likeness (QED) is 0.429. The molecule has 158 valence electrons. The summed E-state index contributed by atoms with van der Waals surface area (Å²) in [6.07, 6.45) is 0.569. The molecule has 3 aromatic rings. The third-order valence-corrected chi connectivity index (χ3v) is 5.55. The molecule has 0 atom stereocenters. The van der Waals surface area contributed by atoms with Gasteiger partial charge >= 0.3 is 0 Å². The smallest absolute Gasteiger partial charge is 0.261 e. The van der Waals surface area contributed by atoms with Crippen LogP contribution in [0.3, 0.4) is 0 Å². The summed E-state index contributed by atoms with van der Waals surface area (Å²) in [5.74, 6) is -0.893. The minimum absolute atomic E-state index is 0.210. The first-order chi connectivity index (χ1) is 15.0. The molecule has 0 aromatic heterocycles. The van der Waals surface area contributed by atoms with Crippen LogP contribution in [0, 0.1) is 0 Å². The van der Waals surface area contributed by atoms with E-state index in [9.17, 15) is 14.4 Å². The van der Waals surface area contributed by atoms with E-state index >= 15 is 0 Å². The van der Waals surface area contributed by atoms with Gasteiger partial charge in [-0.25, -0.2) is 0 Å². The molecular weight excluding hydrogens is 392 g/mol. The fourth-order valence-electron chi connectivity index (χ4n) is 3.94. The summed E-state index contributed by atoms with van der Waals surface area (Å²) in [7, 11) is 1.58. The van der Waals surface area contributed by atoms with Gasteiger partial charge in [0.05, 0.1) is 11.1 Å². The van der Waals surface area contributed by atoms with Gasteiger partial charge in [0, 0.05) is 38.1 Å². The molecule has 1 aliphatic rings. The second kappa shape index (κ2) is 8.70. The molecule has 1 aliphatic heterocycles. The van der Waals surface area contributed by atoms with Gasteiger partial charge < -0.3 is 9.64 Å². The second-order valence-corrected chi connectivity index (χ2v) is 7.45. The first-order valence-corrected chi connectivity index (χ1v) is 10.3. The topological polar surface area (TPSA) is 66.9 Å². The van der Waals surface area contributed by atoms with Gasteiger partial charge in [-0.15, -0.1) is 0 Å². The number of carbonyl (C=O) groups excluding carboxylic acids is 3. The minimum Gasteiger partial charge on any atom is -0.385 e. The lowest BCUT2D eigenvalue weighted by Crippen LogP contribution is -2.31. The predicted octanol–water partition coefficient (Wildman–Crippen LogP) is 4.14. The Labute approximate surface area is 181 Å². The SMILES string of the molecule is CCN(C(=O)c1ccc2c(c1)C(=O)N(CCCOC)C2=O)c1ccc2ccccc2c1. The van der Waals surface area contributed by atoms with Crippen molar-refractivity contribution in [2.45, 2.75) is 13.3 Å². The molecule has 3 aromatic carbocycles. The number of nitrogens with zero attached hydrogens (tertiary/aromatic N) is 2. The highest BCUT2D eigenvalue weighted by molar-refractivity contribution is 6.22. The minimum atomic E-state index is -0.362. The van der Waals surface area contributed by atoms with Crippen molar-refractivity contribution in [3.05, 3.63) is 77.4 Å². The molecule has 0 spiro atoms. The summed E-state index contributed by atoms with van der Waals surface area (Å²) in [6.45, 7) is 3.15. The van der Waals surface area contributed by atoms with Gasteiger partial charge in [0.2, 0.25) is 0 Å². The van der Waals surface area contributed by atoms with Crippen molar-refractivity contribution in [1.82, 2.24) is 4.90 Å². The van der Waals surface area contributed by atoms with Crippen LogP contribution in [-0.2, 0) is 4.74 Å². The summed E-state index contributed by atoms with van der Waals surface area (Å²) in [5, 5.41) is 2.15. The lowest BCUT2D eigenvalue weighted by atomic mass is 10.0. The average molecular weight is 416 g/mol. The van der Waals surface area contributed by atoms with Gasteiger partial charge in [0.1, 0.15) is 0 Å². The Bertz CT molecular complexity index is 1170. The number of fused-ring (bicyclic) bond motifs is 2. The predicted molar refractivity (Wildman–Crippen MR) is 120 cm³/mol.